The van der Waals surface area contributed by atoms with Crippen LogP contribution in [0.1, 0.15) is 12.1 Å². The highest BCUT2D eigenvalue weighted by Gasteiger charge is 2.35. The molecule has 1 aliphatic rings. The molecule has 0 radical (unpaired) electrons. The molecule has 1 saturated heterocycles. The van der Waals surface area contributed by atoms with E-state index >= 15 is 0 Å². The Kier molecular flexibility index (Phi) is 7.97. The van der Waals surface area contributed by atoms with Gasteiger partial charge in [-0.3, -0.25) is 0 Å². The van der Waals surface area contributed by atoms with Crippen LogP contribution in [0.2, 0.25) is 0 Å². The van der Waals surface area contributed by atoms with E-state index in [4.69, 9.17) is 0 Å². The molecule has 0 saturated carbocycles. The molecule has 0 atom stereocenters. The van der Waals surface area contributed by atoms with E-state index in [9.17, 15) is 30.7 Å². The molecule has 4 rings (SSSR count). The fourth-order valence-electron chi connectivity index (χ4n) is 3.50. The van der Waals surface area contributed by atoms with E-state index in [-0.39, 0.29) is 17.5 Å². The summed E-state index contributed by atoms with van der Waals surface area (Å²) in [5, 5.41) is 2.76. The molecule has 0 bridgehead atoms. The third kappa shape index (κ3) is 7.86. The highest BCUT2D eigenvalue weighted by molar-refractivity contribution is 7.97. The van der Waals surface area contributed by atoms with E-state index in [1.165, 1.54) is 60.5 Å². The van der Waals surface area contributed by atoms with Crippen molar-refractivity contribution in [2.75, 3.05) is 36.4 Å². The standard InChI is InChI=1S/C23H20F7N5OS/c24-15-2-4-16(5-3-15)31-20-14-19(22(25,26)27)32-21(33-20)34-10-1-11-35(13-12-34)37-18-8-6-17(7-9-18)36-23(28,29)30/h2-9,14H,1,10-13H2,(H,31,32,33). The van der Waals surface area contributed by atoms with Gasteiger partial charge in [-0.1, -0.05) is 0 Å². The zero-order valence-electron chi connectivity index (χ0n) is 19.0. The predicted molar refractivity (Wildman–Crippen MR) is 124 cm³/mol. The van der Waals surface area contributed by atoms with Crippen LogP contribution in [0.5, 0.6) is 5.75 Å². The monoisotopic (exact) mass is 547 g/mol. The lowest BCUT2D eigenvalue weighted by atomic mass is 10.3. The quantitative estimate of drug-likeness (QED) is 0.280. The topological polar surface area (TPSA) is 53.5 Å². The number of hydrogen-bond acceptors (Lipinski definition) is 7. The molecule has 1 aromatic heterocycles. The lowest BCUT2D eigenvalue weighted by Gasteiger charge is -2.23. The van der Waals surface area contributed by atoms with Crippen LogP contribution >= 0.6 is 11.9 Å². The van der Waals surface area contributed by atoms with Gasteiger partial charge in [-0.25, -0.2) is 13.7 Å². The summed E-state index contributed by atoms with van der Waals surface area (Å²) in [6, 6.07) is 11.3. The van der Waals surface area contributed by atoms with E-state index in [2.05, 4.69) is 20.0 Å². The Hall–Kier alpha value is -3.26. The molecule has 6 nitrogen and oxygen atoms in total. The molecule has 2 aromatic carbocycles. The van der Waals surface area contributed by atoms with Gasteiger partial charge in [-0.2, -0.15) is 18.2 Å². The molecule has 0 unspecified atom stereocenters. The molecule has 0 amide bonds. The lowest BCUT2D eigenvalue weighted by Crippen LogP contribution is -2.30. The largest absolute Gasteiger partial charge is 0.573 e. The third-order valence-electron chi connectivity index (χ3n) is 5.15. The van der Waals surface area contributed by atoms with Crippen molar-refractivity contribution in [2.24, 2.45) is 0 Å². The maximum absolute atomic E-state index is 13.5. The number of benzene rings is 2. The Bertz CT molecular complexity index is 1190. The van der Waals surface area contributed by atoms with Crippen molar-refractivity contribution >= 4 is 29.4 Å². The lowest BCUT2D eigenvalue weighted by molar-refractivity contribution is -0.274. The number of anilines is 3. The Morgan fingerprint density at radius 2 is 1.54 bits per heavy atom. The van der Waals surface area contributed by atoms with Crippen molar-refractivity contribution in [1.29, 1.82) is 0 Å². The number of hydrogen-bond donors (Lipinski definition) is 1. The van der Waals surface area contributed by atoms with Crippen LogP contribution in [0.3, 0.4) is 0 Å². The van der Waals surface area contributed by atoms with Crippen molar-refractivity contribution in [1.82, 2.24) is 14.3 Å². The van der Waals surface area contributed by atoms with E-state index in [0.717, 1.165) is 6.07 Å². The van der Waals surface area contributed by atoms with Gasteiger partial charge in [0.05, 0.1) is 0 Å². The molecule has 0 spiro atoms. The zero-order valence-corrected chi connectivity index (χ0v) is 19.8. The summed E-state index contributed by atoms with van der Waals surface area (Å²) < 4.78 is 96.7. The van der Waals surface area contributed by atoms with Crippen LogP contribution in [0.25, 0.3) is 0 Å². The first-order valence-corrected chi connectivity index (χ1v) is 11.7. The first-order valence-electron chi connectivity index (χ1n) is 11.0. The van der Waals surface area contributed by atoms with Crippen LogP contribution in [0, 0.1) is 5.82 Å². The van der Waals surface area contributed by atoms with E-state index in [1.807, 2.05) is 4.31 Å². The molecule has 1 fully saturated rings. The Labute approximate surface area is 211 Å². The van der Waals surface area contributed by atoms with Gasteiger partial charge in [-0.05, 0) is 66.9 Å². The van der Waals surface area contributed by atoms with Crippen molar-refractivity contribution < 1.29 is 35.5 Å². The van der Waals surface area contributed by atoms with Crippen LogP contribution in [-0.4, -0.2) is 46.8 Å². The molecule has 14 heteroatoms. The minimum atomic E-state index is -4.78. The van der Waals surface area contributed by atoms with Crippen LogP contribution in [0.15, 0.2) is 59.5 Å². The highest BCUT2D eigenvalue weighted by atomic mass is 32.2. The minimum absolute atomic E-state index is 0.0828. The zero-order chi connectivity index (χ0) is 26.6. The normalized spacial score (nSPS) is 15.4. The summed E-state index contributed by atoms with van der Waals surface area (Å²) >= 11 is 1.32. The molecule has 1 aliphatic heterocycles. The van der Waals surface area contributed by atoms with Crippen molar-refractivity contribution in [3.63, 3.8) is 0 Å². The predicted octanol–water partition coefficient (Wildman–Crippen LogP) is 6.50. The fraction of sp³-hybridized carbons (Fsp3) is 0.304. The van der Waals surface area contributed by atoms with Gasteiger partial charge in [0, 0.05) is 42.8 Å². The van der Waals surface area contributed by atoms with Gasteiger partial charge in [0.2, 0.25) is 5.95 Å². The molecule has 2 heterocycles. The molecular weight excluding hydrogens is 527 g/mol. The summed E-state index contributed by atoms with van der Waals surface area (Å²) in [5.41, 5.74) is -0.747. The second kappa shape index (κ2) is 11.0. The van der Waals surface area contributed by atoms with E-state index in [1.54, 1.807) is 4.90 Å². The number of nitrogens with zero attached hydrogens (tertiary/aromatic N) is 4. The molecule has 1 N–H and O–H groups in total. The summed E-state index contributed by atoms with van der Waals surface area (Å²) in [6.07, 6.45) is -8.89. The summed E-state index contributed by atoms with van der Waals surface area (Å²) in [5.74, 6) is -0.992. The van der Waals surface area contributed by atoms with Gasteiger partial charge in [0.1, 0.15) is 17.4 Å². The first kappa shape index (κ1) is 26.8. The van der Waals surface area contributed by atoms with E-state index < -0.39 is 24.0 Å². The van der Waals surface area contributed by atoms with Crippen molar-refractivity contribution in [2.45, 2.75) is 23.9 Å². The average Bonchev–Trinajstić information content (AvgIpc) is 3.06. The third-order valence-corrected chi connectivity index (χ3v) is 6.26. The molecule has 37 heavy (non-hydrogen) atoms. The maximum atomic E-state index is 13.5. The summed E-state index contributed by atoms with van der Waals surface area (Å²) in [4.78, 5) is 10.3. The number of nitrogens with one attached hydrogen (secondary N) is 1. The Balaban J connectivity index is 1.45. The molecule has 3 aromatic rings. The van der Waals surface area contributed by atoms with E-state index in [0.29, 0.717) is 43.2 Å². The summed E-state index contributed by atoms with van der Waals surface area (Å²) in [6.45, 7) is 1.74. The van der Waals surface area contributed by atoms with Gasteiger partial charge in [0.25, 0.3) is 0 Å². The number of alkyl halides is 6. The van der Waals surface area contributed by atoms with Crippen LogP contribution in [-0.2, 0) is 6.18 Å². The molecule has 198 valence electrons. The number of rotatable bonds is 6. The second-order valence-electron chi connectivity index (χ2n) is 7.95. The number of aromatic nitrogens is 2. The molecular formula is C23H20F7N5OS. The molecule has 0 aliphatic carbocycles. The number of ether oxygens (including phenoxy) is 1. The second-order valence-corrected chi connectivity index (χ2v) is 9.12. The van der Waals surface area contributed by atoms with Gasteiger partial charge in [-0.15, -0.1) is 13.2 Å². The average molecular weight is 548 g/mol. The van der Waals surface area contributed by atoms with Crippen molar-refractivity contribution in [3.05, 3.63) is 66.1 Å². The maximum Gasteiger partial charge on any atom is 0.573 e. The van der Waals surface area contributed by atoms with Crippen molar-refractivity contribution in [3.8, 4) is 5.75 Å². The van der Waals surface area contributed by atoms with Gasteiger partial charge >= 0.3 is 12.5 Å². The fourth-order valence-corrected chi connectivity index (χ4v) is 4.45. The minimum Gasteiger partial charge on any atom is -0.406 e. The highest BCUT2D eigenvalue weighted by Crippen LogP contribution is 2.32. The smallest absolute Gasteiger partial charge is 0.406 e. The Morgan fingerprint density at radius 3 is 2.19 bits per heavy atom. The Morgan fingerprint density at radius 1 is 0.838 bits per heavy atom. The van der Waals surface area contributed by atoms with Gasteiger partial charge in [0.15, 0.2) is 5.69 Å². The van der Waals surface area contributed by atoms with Crippen LogP contribution < -0.4 is 15.0 Å². The first-order chi connectivity index (χ1) is 17.4. The number of halogens is 7. The van der Waals surface area contributed by atoms with Crippen LogP contribution in [0.4, 0.5) is 48.2 Å². The van der Waals surface area contributed by atoms with Gasteiger partial charge < -0.3 is 15.0 Å². The summed E-state index contributed by atoms with van der Waals surface area (Å²) in [7, 11) is 0. The SMILES string of the molecule is Fc1ccc(Nc2cc(C(F)(F)F)nc(N3CCCN(Sc4ccc(OC(F)(F)F)cc4)CC3)n2)cc1.